The van der Waals surface area contributed by atoms with Crippen molar-refractivity contribution >= 4 is 17.5 Å². The SMILES string of the molecule is COc1ccc(NC(=O)CN(C)C(=O)c2cnn(-c3ccc(C)cc3)c2C(F)(F)F)cc1. The van der Waals surface area contributed by atoms with E-state index in [4.69, 9.17) is 4.74 Å². The number of methoxy groups -OCH3 is 1. The van der Waals surface area contributed by atoms with Crippen LogP contribution in [0.4, 0.5) is 18.9 Å². The zero-order valence-corrected chi connectivity index (χ0v) is 17.6. The summed E-state index contributed by atoms with van der Waals surface area (Å²) >= 11 is 0. The van der Waals surface area contributed by atoms with E-state index >= 15 is 0 Å². The van der Waals surface area contributed by atoms with Crippen LogP contribution < -0.4 is 10.1 Å². The second-order valence-corrected chi connectivity index (χ2v) is 7.09. The van der Waals surface area contributed by atoms with Crippen LogP contribution in [0.3, 0.4) is 0 Å². The van der Waals surface area contributed by atoms with Gasteiger partial charge in [0.15, 0.2) is 5.69 Å². The predicted molar refractivity (Wildman–Crippen MR) is 112 cm³/mol. The van der Waals surface area contributed by atoms with Crippen molar-refractivity contribution in [2.45, 2.75) is 13.1 Å². The largest absolute Gasteiger partial charge is 0.497 e. The number of rotatable bonds is 6. The molecule has 0 aliphatic rings. The van der Waals surface area contributed by atoms with Gasteiger partial charge < -0.3 is 15.0 Å². The molecule has 1 N–H and O–H groups in total. The zero-order chi connectivity index (χ0) is 23.5. The van der Waals surface area contributed by atoms with Crippen molar-refractivity contribution in [1.29, 1.82) is 0 Å². The van der Waals surface area contributed by atoms with E-state index < -0.39 is 35.8 Å². The molecule has 168 valence electrons. The minimum Gasteiger partial charge on any atom is -0.497 e. The molecule has 0 atom stereocenters. The van der Waals surface area contributed by atoms with E-state index in [1.807, 2.05) is 0 Å². The van der Waals surface area contributed by atoms with Gasteiger partial charge in [-0.15, -0.1) is 0 Å². The van der Waals surface area contributed by atoms with Gasteiger partial charge in [0.05, 0.1) is 31.1 Å². The molecule has 3 rings (SSSR count). The maximum absolute atomic E-state index is 13.8. The molecule has 0 aliphatic carbocycles. The minimum absolute atomic E-state index is 0.168. The minimum atomic E-state index is -4.83. The molecule has 3 aromatic rings. The van der Waals surface area contributed by atoms with Gasteiger partial charge in [-0.25, -0.2) is 4.68 Å². The number of amides is 2. The summed E-state index contributed by atoms with van der Waals surface area (Å²) in [6.45, 7) is 1.36. The average Bonchev–Trinajstić information content (AvgIpc) is 3.20. The van der Waals surface area contributed by atoms with Crippen molar-refractivity contribution in [3.8, 4) is 11.4 Å². The van der Waals surface area contributed by atoms with Crippen LogP contribution in [0.5, 0.6) is 5.75 Å². The number of hydrogen-bond donors (Lipinski definition) is 1. The number of aryl methyl sites for hydroxylation is 1. The summed E-state index contributed by atoms with van der Waals surface area (Å²) in [4.78, 5) is 25.9. The first kappa shape index (κ1) is 22.9. The van der Waals surface area contributed by atoms with Crippen LogP contribution in [-0.4, -0.2) is 47.2 Å². The van der Waals surface area contributed by atoms with Crippen molar-refractivity contribution in [2.75, 3.05) is 26.0 Å². The van der Waals surface area contributed by atoms with Crippen molar-refractivity contribution in [3.63, 3.8) is 0 Å². The smallest absolute Gasteiger partial charge is 0.434 e. The lowest BCUT2D eigenvalue weighted by atomic mass is 10.2. The van der Waals surface area contributed by atoms with Gasteiger partial charge in [0.2, 0.25) is 5.91 Å². The van der Waals surface area contributed by atoms with Crippen LogP contribution in [0.25, 0.3) is 5.69 Å². The fraction of sp³-hybridized carbons (Fsp3) is 0.227. The molecule has 0 aliphatic heterocycles. The Hall–Kier alpha value is -3.82. The number of carbonyl (C=O) groups is 2. The second kappa shape index (κ2) is 9.13. The third kappa shape index (κ3) is 5.08. The maximum Gasteiger partial charge on any atom is 0.434 e. The number of carbonyl (C=O) groups excluding carboxylic acids is 2. The molecule has 0 saturated carbocycles. The number of hydrogen-bond acceptors (Lipinski definition) is 4. The summed E-state index contributed by atoms with van der Waals surface area (Å²) in [5.41, 5.74) is -0.346. The quantitative estimate of drug-likeness (QED) is 0.623. The molecule has 2 aromatic carbocycles. The van der Waals surface area contributed by atoms with Crippen LogP contribution in [0.1, 0.15) is 21.6 Å². The van der Waals surface area contributed by atoms with Crippen LogP contribution in [0.15, 0.2) is 54.7 Å². The highest BCUT2D eigenvalue weighted by Gasteiger charge is 2.41. The highest BCUT2D eigenvalue weighted by atomic mass is 19.4. The Bertz CT molecular complexity index is 1110. The second-order valence-electron chi connectivity index (χ2n) is 7.09. The third-order valence-electron chi connectivity index (χ3n) is 4.65. The number of likely N-dealkylation sites (N-methyl/N-ethyl adjacent to an activating group) is 1. The van der Waals surface area contributed by atoms with E-state index in [0.717, 1.165) is 16.7 Å². The maximum atomic E-state index is 13.8. The molecule has 7 nitrogen and oxygen atoms in total. The lowest BCUT2D eigenvalue weighted by Crippen LogP contribution is -2.35. The van der Waals surface area contributed by atoms with Gasteiger partial charge >= 0.3 is 6.18 Å². The summed E-state index contributed by atoms with van der Waals surface area (Å²) in [6.07, 6.45) is -3.97. The normalized spacial score (nSPS) is 11.2. The van der Waals surface area contributed by atoms with Crippen molar-refractivity contribution < 1.29 is 27.5 Å². The molecule has 2 amide bonds. The molecule has 0 unspecified atom stereocenters. The van der Waals surface area contributed by atoms with Gasteiger partial charge in [0, 0.05) is 12.7 Å². The number of halogens is 3. The molecule has 1 heterocycles. The van der Waals surface area contributed by atoms with E-state index in [2.05, 4.69) is 10.4 Å². The molecule has 32 heavy (non-hydrogen) atoms. The number of benzene rings is 2. The molecule has 0 fully saturated rings. The first-order valence-corrected chi connectivity index (χ1v) is 9.51. The molecule has 10 heteroatoms. The summed E-state index contributed by atoms with van der Waals surface area (Å²) in [5.74, 6) is -0.938. The molecular formula is C22H21F3N4O3. The number of anilines is 1. The summed E-state index contributed by atoms with van der Waals surface area (Å²) in [6, 6.07) is 12.7. The molecule has 0 spiro atoms. The van der Waals surface area contributed by atoms with Gasteiger partial charge in [-0.05, 0) is 43.3 Å². The van der Waals surface area contributed by atoms with E-state index in [-0.39, 0.29) is 5.69 Å². The fourth-order valence-corrected chi connectivity index (χ4v) is 3.03. The standard InChI is InChI=1S/C22H21F3N4O3/c1-14-4-8-16(9-5-14)29-20(22(23,24)25)18(12-26-29)21(31)28(2)13-19(30)27-15-6-10-17(32-3)11-7-15/h4-12H,13H2,1-3H3,(H,27,30). The summed E-state index contributed by atoms with van der Waals surface area (Å²) in [5, 5.41) is 6.37. The van der Waals surface area contributed by atoms with Gasteiger partial charge in [-0.1, -0.05) is 17.7 Å². The van der Waals surface area contributed by atoms with Crippen molar-refractivity contribution in [2.24, 2.45) is 0 Å². The van der Waals surface area contributed by atoms with E-state index in [1.165, 1.54) is 26.3 Å². The van der Waals surface area contributed by atoms with Crippen LogP contribution in [-0.2, 0) is 11.0 Å². The topological polar surface area (TPSA) is 76.5 Å². The van der Waals surface area contributed by atoms with E-state index in [1.54, 1.807) is 43.3 Å². The molecule has 0 radical (unpaired) electrons. The first-order chi connectivity index (χ1) is 15.1. The van der Waals surface area contributed by atoms with Gasteiger partial charge in [-0.2, -0.15) is 18.3 Å². The average molecular weight is 446 g/mol. The fourth-order valence-electron chi connectivity index (χ4n) is 3.03. The third-order valence-corrected chi connectivity index (χ3v) is 4.65. The van der Waals surface area contributed by atoms with Crippen molar-refractivity contribution in [3.05, 3.63) is 71.5 Å². The number of nitrogens with one attached hydrogen (secondary N) is 1. The summed E-state index contributed by atoms with van der Waals surface area (Å²) < 4.78 is 47.2. The highest BCUT2D eigenvalue weighted by molar-refractivity contribution is 6.00. The van der Waals surface area contributed by atoms with Crippen LogP contribution >= 0.6 is 0 Å². The molecular weight excluding hydrogens is 425 g/mol. The molecule has 0 saturated heterocycles. The van der Waals surface area contributed by atoms with Crippen molar-refractivity contribution in [1.82, 2.24) is 14.7 Å². The summed E-state index contributed by atoms with van der Waals surface area (Å²) in [7, 11) is 2.75. The monoisotopic (exact) mass is 446 g/mol. The van der Waals surface area contributed by atoms with E-state index in [0.29, 0.717) is 16.1 Å². The number of nitrogens with zero attached hydrogens (tertiary/aromatic N) is 3. The highest BCUT2D eigenvalue weighted by Crippen LogP contribution is 2.34. The Morgan fingerprint density at radius 2 is 1.72 bits per heavy atom. The Kier molecular flexibility index (Phi) is 6.52. The molecule has 0 bridgehead atoms. The zero-order valence-electron chi connectivity index (χ0n) is 17.6. The van der Waals surface area contributed by atoms with Gasteiger partial charge in [0.1, 0.15) is 5.75 Å². The number of aromatic nitrogens is 2. The molecule has 1 aromatic heterocycles. The van der Waals surface area contributed by atoms with Gasteiger partial charge in [-0.3, -0.25) is 9.59 Å². The van der Waals surface area contributed by atoms with Crippen LogP contribution in [0, 0.1) is 6.92 Å². The van der Waals surface area contributed by atoms with Gasteiger partial charge in [0.25, 0.3) is 5.91 Å². The first-order valence-electron chi connectivity index (χ1n) is 9.51. The Balaban J connectivity index is 1.79. The Morgan fingerprint density at radius 3 is 2.28 bits per heavy atom. The lowest BCUT2D eigenvalue weighted by Gasteiger charge is -2.18. The number of alkyl halides is 3. The Morgan fingerprint density at radius 1 is 1.09 bits per heavy atom. The predicted octanol–water partition coefficient (Wildman–Crippen LogP) is 3.92. The lowest BCUT2D eigenvalue weighted by molar-refractivity contribution is -0.143. The van der Waals surface area contributed by atoms with Crippen LogP contribution in [0.2, 0.25) is 0 Å². The Labute approximate surface area is 182 Å². The number of ether oxygens (including phenoxy) is 1. The van der Waals surface area contributed by atoms with E-state index in [9.17, 15) is 22.8 Å².